The van der Waals surface area contributed by atoms with Crippen LogP contribution in [0, 0.1) is 0 Å². The Labute approximate surface area is 92.9 Å². The highest BCUT2D eigenvalue weighted by Crippen LogP contribution is 2.25. The summed E-state index contributed by atoms with van der Waals surface area (Å²) in [4.78, 5) is 2.16. The van der Waals surface area contributed by atoms with E-state index in [0.717, 1.165) is 0 Å². The molecule has 0 aliphatic heterocycles. The lowest BCUT2D eigenvalue weighted by molar-refractivity contribution is 1.17. The van der Waals surface area contributed by atoms with Gasteiger partial charge in [0.25, 0.3) is 0 Å². The van der Waals surface area contributed by atoms with Gasteiger partial charge in [-0.3, -0.25) is 0 Å². The molecule has 2 rings (SSSR count). The summed E-state index contributed by atoms with van der Waals surface area (Å²) in [5, 5.41) is 0. The van der Waals surface area contributed by atoms with Crippen LogP contribution >= 0.6 is 9.24 Å². The fraction of sp³-hybridized carbons (Fsp3) is 0.0769. The van der Waals surface area contributed by atoms with Crippen LogP contribution in [0.2, 0.25) is 0 Å². The van der Waals surface area contributed by atoms with Gasteiger partial charge in [-0.2, -0.15) is 0 Å². The zero-order valence-electron chi connectivity index (χ0n) is 8.38. The van der Waals surface area contributed by atoms with Gasteiger partial charge in [-0.25, -0.2) is 0 Å². The number of rotatable bonds is 3. The van der Waals surface area contributed by atoms with Crippen LogP contribution < -0.4 is 4.90 Å². The van der Waals surface area contributed by atoms with Crippen molar-refractivity contribution in [2.24, 2.45) is 0 Å². The van der Waals surface area contributed by atoms with E-state index in [1.807, 2.05) is 36.4 Å². The van der Waals surface area contributed by atoms with Crippen molar-refractivity contribution in [2.45, 2.75) is 0 Å². The largest absolute Gasteiger partial charge is 0.336 e. The lowest BCUT2D eigenvalue weighted by Gasteiger charge is -2.22. The van der Waals surface area contributed by atoms with Crippen molar-refractivity contribution in [3.8, 4) is 0 Å². The Morgan fingerprint density at radius 1 is 0.733 bits per heavy atom. The summed E-state index contributed by atoms with van der Waals surface area (Å²) < 4.78 is 0. The highest BCUT2D eigenvalue weighted by atomic mass is 31.0. The standard InChI is InChI=1S/C13H12NP/c15-11-14(12-7-3-1-4-8-12)13-9-5-2-6-10-13/h1-10H,11H2. The highest BCUT2D eigenvalue weighted by Gasteiger charge is 2.04. The zero-order chi connectivity index (χ0) is 10.5. The van der Waals surface area contributed by atoms with E-state index in [4.69, 9.17) is 0 Å². The molecule has 0 spiro atoms. The molecule has 0 fully saturated rings. The molecule has 0 saturated carbocycles. The van der Waals surface area contributed by atoms with Gasteiger partial charge in [-0.1, -0.05) is 36.4 Å². The Morgan fingerprint density at radius 2 is 1.13 bits per heavy atom. The van der Waals surface area contributed by atoms with Gasteiger partial charge in [0.05, 0.1) is 6.29 Å². The first-order valence-corrected chi connectivity index (χ1v) is 5.53. The van der Waals surface area contributed by atoms with Gasteiger partial charge in [-0.05, 0) is 33.5 Å². The molecule has 1 nitrogen and oxygen atoms in total. The monoisotopic (exact) mass is 213 g/mol. The van der Waals surface area contributed by atoms with E-state index in [0.29, 0.717) is 6.29 Å². The molecule has 0 aliphatic carbocycles. The minimum absolute atomic E-state index is 0.675. The minimum Gasteiger partial charge on any atom is -0.336 e. The molecule has 0 aromatic heterocycles. The SMILES string of the molecule is [P]CN(c1ccccc1)c1ccccc1. The Balaban J connectivity index is 2.34. The number of para-hydroxylation sites is 2. The molecule has 0 bridgehead atoms. The van der Waals surface area contributed by atoms with Crippen molar-refractivity contribution < 1.29 is 0 Å². The predicted molar refractivity (Wildman–Crippen MR) is 66.8 cm³/mol. The maximum Gasteiger partial charge on any atom is 0.0515 e. The Hall–Kier alpha value is -1.33. The van der Waals surface area contributed by atoms with Gasteiger partial charge >= 0.3 is 0 Å². The quantitative estimate of drug-likeness (QED) is 0.691. The molecule has 2 aromatic rings. The van der Waals surface area contributed by atoms with Crippen LogP contribution in [-0.4, -0.2) is 6.29 Å². The lowest BCUT2D eigenvalue weighted by Crippen LogP contribution is -2.13. The molecule has 0 aliphatic rings. The molecule has 0 N–H and O–H groups in total. The Morgan fingerprint density at radius 3 is 1.47 bits per heavy atom. The summed E-state index contributed by atoms with van der Waals surface area (Å²) >= 11 is 0. The molecule has 15 heavy (non-hydrogen) atoms. The van der Waals surface area contributed by atoms with Gasteiger partial charge in [0, 0.05) is 11.4 Å². The van der Waals surface area contributed by atoms with Gasteiger partial charge in [0.15, 0.2) is 0 Å². The van der Waals surface area contributed by atoms with Crippen LogP contribution in [0.25, 0.3) is 0 Å². The molecular formula is C13H12NP. The summed E-state index contributed by atoms with van der Waals surface area (Å²) in [6, 6.07) is 20.5. The van der Waals surface area contributed by atoms with Gasteiger partial charge in [-0.15, -0.1) is 0 Å². The third kappa shape index (κ3) is 2.37. The van der Waals surface area contributed by atoms with Crippen LogP contribution in [-0.2, 0) is 0 Å². The van der Waals surface area contributed by atoms with Crippen molar-refractivity contribution >= 4 is 20.6 Å². The van der Waals surface area contributed by atoms with E-state index in [1.54, 1.807) is 0 Å². The summed E-state index contributed by atoms with van der Waals surface area (Å²) in [6.07, 6.45) is 0.675. The molecule has 0 heterocycles. The van der Waals surface area contributed by atoms with Crippen molar-refractivity contribution in [3.05, 3.63) is 60.7 Å². The summed E-state index contributed by atoms with van der Waals surface area (Å²) in [5.41, 5.74) is 2.33. The molecule has 74 valence electrons. The molecule has 0 amide bonds. The van der Waals surface area contributed by atoms with Gasteiger partial charge in [0.2, 0.25) is 0 Å². The van der Waals surface area contributed by atoms with Crippen LogP contribution in [0.4, 0.5) is 11.4 Å². The van der Waals surface area contributed by atoms with Crippen LogP contribution in [0.15, 0.2) is 60.7 Å². The molecule has 0 saturated heterocycles. The average molecular weight is 213 g/mol. The Bertz CT molecular complexity index is 360. The van der Waals surface area contributed by atoms with Gasteiger partial charge in [0.1, 0.15) is 0 Å². The number of hydrogen-bond acceptors (Lipinski definition) is 1. The molecule has 2 radical (unpaired) electrons. The molecule has 2 aromatic carbocycles. The van der Waals surface area contributed by atoms with E-state index in [1.165, 1.54) is 11.4 Å². The number of benzene rings is 2. The molecule has 2 heteroatoms. The Kier molecular flexibility index (Phi) is 3.37. The minimum atomic E-state index is 0.675. The maximum atomic E-state index is 4.36. The number of hydrogen-bond donors (Lipinski definition) is 0. The van der Waals surface area contributed by atoms with Crippen LogP contribution in [0.1, 0.15) is 0 Å². The van der Waals surface area contributed by atoms with Crippen LogP contribution in [0.3, 0.4) is 0 Å². The third-order valence-corrected chi connectivity index (χ3v) is 2.56. The van der Waals surface area contributed by atoms with E-state index in [9.17, 15) is 0 Å². The summed E-state index contributed by atoms with van der Waals surface area (Å²) in [5.74, 6) is 0. The normalized spacial score (nSPS) is 9.93. The summed E-state index contributed by atoms with van der Waals surface area (Å²) in [7, 11) is 4.36. The second-order valence-electron chi connectivity index (χ2n) is 3.24. The second-order valence-corrected chi connectivity index (χ2v) is 3.52. The molecule has 0 atom stereocenters. The zero-order valence-corrected chi connectivity index (χ0v) is 9.27. The first-order valence-electron chi connectivity index (χ1n) is 4.90. The maximum absolute atomic E-state index is 4.36. The van der Waals surface area contributed by atoms with E-state index >= 15 is 0 Å². The highest BCUT2D eigenvalue weighted by molar-refractivity contribution is 7.16. The second kappa shape index (κ2) is 4.95. The first-order chi connectivity index (χ1) is 7.42. The fourth-order valence-electron chi connectivity index (χ4n) is 1.53. The van der Waals surface area contributed by atoms with Crippen LogP contribution in [0.5, 0.6) is 0 Å². The van der Waals surface area contributed by atoms with Crippen molar-refractivity contribution in [3.63, 3.8) is 0 Å². The number of anilines is 2. The van der Waals surface area contributed by atoms with E-state index < -0.39 is 0 Å². The molecule has 0 unspecified atom stereocenters. The first kappa shape index (κ1) is 10.2. The molecular weight excluding hydrogens is 201 g/mol. The van der Waals surface area contributed by atoms with Gasteiger partial charge < -0.3 is 4.90 Å². The van der Waals surface area contributed by atoms with E-state index in [2.05, 4.69) is 38.4 Å². The number of nitrogens with zero attached hydrogens (tertiary/aromatic N) is 1. The smallest absolute Gasteiger partial charge is 0.0515 e. The third-order valence-electron chi connectivity index (χ3n) is 2.28. The lowest BCUT2D eigenvalue weighted by atomic mass is 10.2. The average Bonchev–Trinajstić information content (AvgIpc) is 2.33. The topological polar surface area (TPSA) is 3.24 Å². The fourth-order valence-corrected chi connectivity index (χ4v) is 1.85. The van der Waals surface area contributed by atoms with Crippen molar-refractivity contribution in [2.75, 3.05) is 11.2 Å². The van der Waals surface area contributed by atoms with E-state index in [-0.39, 0.29) is 0 Å². The van der Waals surface area contributed by atoms with Crippen molar-refractivity contribution in [1.82, 2.24) is 0 Å². The predicted octanol–water partition coefficient (Wildman–Crippen LogP) is 4.19. The summed E-state index contributed by atoms with van der Waals surface area (Å²) in [6.45, 7) is 0. The van der Waals surface area contributed by atoms with Crippen molar-refractivity contribution in [1.29, 1.82) is 0 Å².